The van der Waals surface area contributed by atoms with Gasteiger partial charge in [0.1, 0.15) is 11.7 Å². The number of nitrogens with zero attached hydrogens (tertiary/aromatic N) is 1. The highest BCUT2D eigenvalue weighted by atomic mass is 35.5. The molecule has 0 bridgehead atoms. The Balaban J connectivity index is 2.18. The maximum absolute atomic E-state index is 13.0. The summed E-state index contributed by atoms with van der Waals surface area (Å²) in [6.07, 6.45) is -0.294. The van der Waals surface area contributed by atoms with E-state index in [1.165, 1.54) is 12.1 Å². The van der Waals surface area contributed by atoms with Crippen LogP contribution in [0.3, 0.4) is 0 Å². The van der Waals surface area contributed by atoms with Crippen LogP contribution in [0.2, 0.25) is 10.0 Å². The van der Waals surface area contributed by atoms with E-state index in [2.05, 4.69) is 10.3 Å². The second kappa shape index (κ2) is 5.10. The van der Waals surface area contributed by atoms with E-state index < -0.39 is 5.82 Å². The van der Waals surface area contributed by atoms with Gasteiger partial charge >= 0.3 is 0 Å². The van der Waals surface area contributed by atoms with Crippen molar-refractivity contribution in [2.24, 2.45) is 4.99 Å². The van der Waals surface area contributed by atoms with Gasteiger partial charge in [-0.2, -0.15) is 0 Å². The van der Waals surface area contributed by atoms with Crippen LogP contribution < -0.4 is 10.1 Å². The van der Waals surface area contributed by atoms with Gasteiger partial charge in [-0.25, -0.2) is 4.39 Å². The fourth-order valence-electron chi connectivity index (χ4n) is 1.56. The van der Waals surface area contributed by atoms with Crippen molar-refractivity contribution in [3.63, 3.8) is 0 Å². The summed E-state index contributed by atoms with van der Waals surface area (Å²) in [7, 11) is 0. The molecule has 0 saturated carbocycles. The molecule has 1 aromatic rings. The van der Waals surface area contributed by atoms with Crippen molar-refractivity contribution in [1.82, 2.24) is 5.32 Å². The zero-order valence-corrected chi connectivity index (χ0v) is 10.6. The van der Waals surface area contributed by atoms with E-state index in [1.54, 1.807) is 0 Å². The Hall–Kier alpha value is -1.00. The summed E-state index contributed by atoms with van der Waals surface area (Å²) in [5, 5.41) is 3.40. The van der Waals surface area contributed by atoms with Gasteiger partial charge in [-0.05, 0) is 19.1 Å². The summed E-state index contributed by atoms with van der Waals surface area (Å²) >= 11 is 11.8. The first-order valence-electron chi connectivity index (χ1n) is 5.17. The van der Waals surface area contributed by atoms with Crippen LogP contribution in [0, 0.1) is 5.82 Å². The largest absolute Gasteiger partial charge is 0.480 e. The zero-order chi connectivity index (χ0) is 12.4. The highest BCUT2D eigenvalue weighted by Crippen LogP contribution is 2.34. The monoisotopic (exact) mass is 275 g/mol. The number of halogens is 3. The Morgan fingerprint density at radius 2 is 2.06 bits per heavy atom. The quantitative estimate of drug-likeness (QED) is 0.920. The normalized spacial score (nSPS) is 16.4. The number of benzene rings is 1. The molecule has 0 aromatic heterocycles. The van der Waals surface area contributed by atoms with Crippen LogP contribution in [0.1, 0.15) is 6.92 Å². The average molecular weight is 276 g/mol. The van der Waals surface area contributed by atoms with Gasteiger partial charge < -0.3 is 10.1 Å². The van der Waals surface area contributed by atoms with E-state index >= 15 is 0 Å². The summed E-state index contributed by atoms with van der Waals surface area (Å²) in [5.74, 6) is 0.538. The van der Waals surface area contributed by atoms with Crippen molar-refractivity contribution in [2.45, 2.75) is 13.0 Å². The molecule has 0 spiro atoms. The molecule has 6 heteroatoms. The predicted octanol–water partition coefficient (Wildman–Crippen LogP) is 2.90. The molecule has 92 valence electrons. The van der Waals surface area contributed by atoms with E-state index in [-0.39, 0.29) is 21.9 Å². The fraction of sp³-hybridized carbons (Fsp3) is 0.364. The number of amidine groups is 1. The lowest BCUT2D eigenvalue weighted by atomic mass is 10.3. The third-order valence-electron chi connectivity index (χ3n) is 2.34. The lowest BCUT2D eigenvalue weighted by Crippen LogP contribution is -2.33. The van der Waals surface area contributed by atoms with Crippen molar-refractivity contribution < 1.29 is 9.13 Å². The van der Waals surface area contributed by atoms with Gasteiger partial charge in [0.15, 0.2) is 11.9 Å². The first-order valence-corrected chi connectivity index (χ1v) is 5.93. The number of ether oxygens (including phenoxy) is 1. The first-order chi connectivity index (χ1) is 8.08. The van der Waals surface area contributed by atoms with Gasteiger partial charge in [-0.3, -0.25) is 4.99 Å². The lowest BCUT2D eigenvalue weighted by molar-refractivity contribution is 0.284. The van der Waals surface area contributed by atoms with Crippen LogP contribution in [-0.2, 0) is 0 Å². The van der Waals surface area contributed by atoms with Crippen LogP contribution in [0.4, 0.5) is 4.39 Å². The molecule has 0 fully saturated rings. The predicted molar refractivity (Wildman–Crippen MR) is 66.8 cm³/mol. The van der Waals surface area contributed by atoms with Crippen molar-refractivity contribution in [3.8, 4) is 5.75 Å². The molecule has 3 nitrogen and oxygen atoms in total. The average Bonchev–Trinajstić information content (AvgIpc) is 2.76. The topological polar surface area (TPSA) is 33.6 Å². The van der Waals surface area contributed by atoms with E-state index in [0.29, 0.717) is 0 Å². The third kappa shape index (κ3) is 2.82. The number of aliphatic imine (C=N–C) groups is 1. The van der Waals surface area contributed by atoms with Gasteiger partial charge in [0.25, 0.3) is 0 Å². The Morgan fingerprint density at radius 3 is 2.59 bits per heavy atom. The summed E-state index contributed by atoms with van der Waals surface area (Å²) in [6.45, 7) is 3.36. The van der Waals surface area contributed by atoms with Crippen LogP contribution in [-0.4, -0.2) is 25.0 Å². The third-order valence-corrected chi connectivity index (χ3v) is 2.90. The van der Waals surface area contributed by atoms with E-state index in [1.807, 2.05) is 6.92 Å². The molecule has 1 aliphatic rings. The molecule has 0 amide bonds. The van der Waals surface area contributed by atoms with Crippen molar-refractivity contribution in [3.05, 3.63) is 28.0 Å². The molecule has 1 unspecified atom stereocenters. The molecule has 1 N–H and O–H groups in total. The van der Waals surface area contributed by atoms with Crippen LogP contribution in [0.25, 0.3) is 0 Å². The molecule has 0 aliphatic carbocycles. The number of hydrogen-bond donors (Lipinski definition) is 1. The minimum absolute atomic E-state index is 0.153. The molecule has 17 heavy (non-hydrogen) atoms. The smallest absolute Gasteiger partial charge is 0.157 e. The van der Waals surface area contributed by atoms with Gasteiger partial charge in [-0.1, -0.05) is 23.2 Å². The molecular weight excluding hydrogens is 265 g/mol. The Morgan fingerprint density at radius 1 is 1.41 bits per heavy atom. The Bertz CT molecular complexity index is 442. The molecular formula is C11H11Cl2FN2O. The van der Waals surface area contributed by atoms with Crippen LogP contribution in [0.15, 0.2) is 17.1 Å². The standard InChI is InChI=1S/C11H11Cl2FN2O/c1-6(11-15-2-3-16-11)17-10-8(12)4-7(14)5-9(10)13/h4-6H,2-3H2,1H3,(H,15,16)/i14-1. The number of hydrogen-bond acceptors (Lipinski definition) is 3. The molecule has 1 aliphatic heterocycles. The first kappa shape index (κ1) is 12.5. The highest BCUT2D eigenvalue weighted by molar-refractivity contribution is 6.37. The SMILES string of the molecule is CC(Oc1c(Cl)cc([18F])cc1Cl)C1=NCCN1. The lowest BCUT2D eigenvalue weighted by Gasteiger charge is -2.17. The van der Waals surface area contributed by atoms with Gasteiger partial charge in [-0.15, -0.1) is 0 Å². The minimum atomic E-state index is -0.490. The zero-order valence-electron chi connectivity index (χ0n) is 9.14. The fourth-order valence-corrected chi connectivity index (χ4v) is 2.11. The molecule has 0 saturated heterocycles. The molecule has 1 heterocycles. The second-order valence-electron chi connectivity index (χ2n) is 3.65. The van der Waals surface area contributed by atoms with Gasteiger partial charge in [0, 0.05) is 6.54 Å². The highest BCUT2D eigenvalue weighted by Gasteiger charge is 2.19. The Kier molecular flexibility index (Phi) is 3.74. The molecule has 2 rings (SSSR count). The molecule has 0 radical (unpaired) electrons. The maximum atomic E-state index is 13.0. The van der Waals surface area contributed by atoms with Gasteiger partial charge in [0.05, 0.1) is 16.6 Å². The maximum Gasteiger partial charge on any atom is 0.157 e. The van der Waals surface area contributed by atoms with E-state index in [9.17, 15) is 4.39 Å². The Labute approximate surface area is 109 Å². The number of nitrogens with one attached hydrogen (secondary N) is 1. The van der Waals surface area contributed by atoms with Gasteiger partial charge in [0.2, 0.25) is 0 Å². The van der Waals surface area contributed by atoms with Crippen molar-refractivity contribution in [1.29, 1.82) is 0 Å². The van der Waals surface area contributed by atoms with Crippen molar-refractivity contribution >= 4 is 29.0 Å². The van der Waals surface area contributed by atoms with Crippen LogP contribution in [0.5, 0.6) is 5.75 Å². The number of rotatable bonds is 3. The van der Waals surface area contributed by atoms with Crippen LogP contribution >= 0.6 is 23.2 Å². The van der Waals surface area contributed by atoms with Crippen molar-refractivity contribution in [2.75, 3.05) is 13.1 Å². The summed E-state index contributed by atoms with van der Waals surface area (Å²) in [4.78, 5) is 4.23. The second-order valence-corrected chi connectivity index (χ2v) is 4.47. The van der Waals surface area contributed by atoms with E-state index in [0.717, 1.165) is 18.9 Å². The summed E-state index contributed by atoms with van der Waals surface area (Å²) in [5.41, 5.74) is 0. The minimum Gasteiger partial charge on any atom is -0.480 e. The van der Waals surface area contributed by atoms with E-state index in [4.69, 9.17) is 27.9 Å². The molecule has 1 atom stereocenters. The molecule has 1 aromatic carbocycles. The summed E-state index contributed by atoms with van der Waals surface area (Å²) < 4.78 is 18.6. The summed E-state index contributed by atoms with van der Waals surface area (Å²) in [6, 6.07) is 2.33.